The molecule has 144 valence electrons. The van der Waals surface area contributed by atoms with Gasteiger partial charge >= 0.3 is 0 Å². The number of hydrogen-bond donors (Lipinski definition) is 1. The van der Waals surface area contributed by atoms with Gasteiger partial charge in [-0.2, -0.15) is 0 Å². The molecule has 0 radical (unpaired) electrons. The Hall–Kier alpha value is -2.87. The summed E-state index contributed by atoms with van der Waals surface area (Å²) in [4.78, 5) is 17.1. The number of halogens is 3. The molecular weight excluding hydrogens is 382 g/mol. The quantitative estimate of drug-likeness (QED) is 0.565. The van der Waals surface area contributed by atoms with E-state index < -0.39 is 23.6 Å². The summed E-state index contributed by atoms with van der Waals surface area (Å²) in [5.74, 6) is -1.50. The second-order valence-corrected chi connectivity index (χ2v) is 5.74. The predicted molar refractivity (Wildman–Crippen MR) is 97.7 cm³/mol. The van der Waals surface area contributed by atoms with E-state index >= 15 is 0 Å². The minimum absolute atomic E-state index is 0.160. The molecule has 0 aliphatic rings. The van der Waals surface area contributed by atoms with Crippen molar-refractivity contribution in [2.24, 2.45) is 5.16 Å². The largest absolute Gasteiger partial charge is 0.493 e. The number of hydrogen-bond acceptors (Lipinski definition) is 5. The molecule has 1 N–H and O–H groups in total. The van der Waals surface area contributed by atoms with Crippen LogP contribution in [-0.4, -0.2) is 32.4 Å². The first kappa shape index (κ1) is 20.4. The lowest BCUT2D eigenvalue weighted by Crippen LogP contribution is -2.26. The zero-order chi connectivity index (χ0) is 20.0. The Kier molecular flexibility index (Phi) is 6.95. The number of amides is 1. The molecule has 0 bridgehead atoms. The first-order valence-corrected chi connectivity index (χ1v) is 8.10. The van der Waals surface area contributed by atoms with Gasteiger partial charge in [0.05, 0.1) is 31.1 Å². The lowest BCUT2D eigenvalue weighted by atomic mass is 10.2. The molecule has 1 amide bonds. The van der Waals surface area contributed by atoms with Crippen LogP contribution in [0.2, 0.25) is 5.02 Å². The minimum atomic E-state index is -1.03. The van der Waals surface area contributed by atoms with E-state index in [0.717, 1.165) is 12.1 Å². The van der Waals surface area contributed by atoms with Gasteiger partial charge in [0.15, 0.2) is 11.5 Å². The molecule has 0 heterocycles. The van der Waals surface area contributed by atoms with Gasteiger partial charge in [0.1, 0.15) is 11.6 Å². The zero-order valence-electron chi connectivity index (χ0n) is 14.8. The SMILES string of the molecule is COc1cc(/C=N/OC(C)C(=O)Nc2ccc(F)cc2F)cc(Cl)c1OC. The second kappa shape index (κ2) is 9.18. The Bertz CT molecular complexity index is 861. The number of nitrogens with zero attached hydrogens (tertiary/aromatic N) is 1. The number of oxime groups is 1. The zero-order valence-corrected chi connectivity index (χ0v) is 15.5. The maximum Gasteiger partial charge on any atom is 0.268 e. The van der Waals surface area contributed by atoms with Crippen molar-refractivity contribution in [1.29, 1.82) is 0 Å². The number of ether oxygens (including phenoxy) is 2. The number of rotatable bonds is 7. The van der Waals surface area contributed by atoms with Crippen LogP contribution in [0.1, 0.15) is 12.5 Å². The van der Waals surface area contributed by atoms with Crippen LogP contribution in [0.3, 0.4) is 0 Å². The van der Waals surface area contributed by atoms with Crippen LogP contribution in [0.4, 0.5) is 14.5 Å². The molecule has 1 atom stereocenters. The fourth-order valence-electron chi connectivity index (χ4n) is 2.07. The lowest BCUT2D eigenvalue weighted by Gasteiger charge is -2.11. The highest BCUT2D eigenvalue weighted by molar-refractivity contribution is 6.32. The van der Waals surface area contributed by atoms with Gasteiger partial charge in [-0.15, -0.1) is 0 Å². The summed E-state index contributed by atoms with van der Waals surface area (Å²) in [6.45, 7) is 1.43. The van der Waals surface area contributed by atoms with Crippen LogP contribution in [-0.2, 0) is 9.63 Å². The van der Waals surface area contributed by atoms with Crippen LogP contribution >= 0.6 is 11.6 Å². The summed E-state index contributed by atoms with van der Waals surface area (Å²) in [7, 11) is 2.93. The first-order chi connectivity index (χ1) is 12.8. The van der Waals surface area contributed by atoms with E-state index in [2.05, 4.69) is 10.5 Å². The fourth-order valence-corrected chi connectivity index (χ4v) is 2.36. The molecule has 1 unspecified atom stereocenters. The predicted octanol–water partition coefficient (Wildman–Crippen LogP) is 4.01. The third-order valence-electron chi connectivity index (χ3n) is 3.43. The Morgan fingerprint density at radius 2 is 1.96 bits per heavy atom. The minimum Gasteiger partial charge on any atom is -0.493 e. The van der Waals surface area contributed by atoms with Crippen molar-refractivity contribution < 1.29 is 27.9 Å². The monoisotopic (exact) mass is 398 g/mol. The summed E-state index contributed by atoms with van der Waals surface area (Å²) in [5, 5.41) is 6.32. The van der Waals surface area contributed by atoms with E-state index in [9.17, 15) is 13.6 Å². The lowest BCUT2D eigenvalue weighted by molar-refractivity contribution is -0.126. The average Bonchev–Trinajstić information content (AvgIpc) is 2.63. The molecule has 6 nitrogen and oxygen atoms in total. The Balaban J connectivity index is 2.01. The maximum atomic E-state index is 13.6. The van der Waals surface area contributed by atoms with Crippen molar-refractivity contribution in [3.63, 3.8) is 0 Å². The van der Waals surface area contributed by atoms with Gasteiger partial charge in [-0.25, -0.2) is 8.78 Å². The summed E-state index contributed by atoms with van der Waals surface area (Å²) >= 11 is 6.09. The molecule has 0 saturated carbocycles. The molecule has 2 rings (SSSR count). The van der Waals surface area contributed by atoms with Gasteiger partial charge in [0.25, 0.3) is 5.91 Å². The van der Waals surface area contributed by atoms with Gasteiger partial charge < -0.3 is 19.6 Å². The molecule has 0 fully saturated rings. The van der Waals surface area contributed by atoms with Crippen molar-refractivity contribution in [2.75, 3.05) is 19.5 Å². The highest BCUT2D eigenvalue weighted by Crippen LogP contribution is 2.35. The Labute approximate surface area is 159 Å². The number of carbonyl (C=O) groups is 1. The van der Waals surface area contributed by atoms with Crippen LogP contribution < -0.4 is 14.8 Å². The van der Waals surface area contributed by atoms with Crippen LogP contribution in [0.5, 0.6) is 11.5 Å². The number of anilines is 1. The molecule has 9 heteroatoms. The van der Waals surface area contributed by atoms with Crippen molar-refractivity contribution in [3.05, 3.63) is 52.6 Å². The number of benzene rings is 2. The van der Waals surface area contributed by atoms with Crippen molar-refractivity contribution in [3.8, 4) is 11.5 Å². The van der Waals surface area contributed by atoms with Crippen LogP contribution in [0.15, 0.2) is 35.5 Å². The normalized spacial score (nSPS) is 11.9. The molecule has 2 aromatic rings. The van der Waals surface area contributed by atoms with Gasteiger partial charge in [-0.05, 0) is 31.2 Å². The summed E-state index contributed by atoms with van der Waals surface area (Å²) in [5.41, 5.74) is 0.391. The second-order valence-electron chi connectivity index (χ2n) is 5.33. The molecule has 0 aromatic heterocycles. The molecule has 0 aliphatic carbocycles. The van der Waals surface area contributed by atoms with Gasteiger partial charge in [-0.3, -0.25) is 4.79 Å². The molecule has 0 saturated heterocycles. The third-order valence-corrected chi connectivity index (χ3v) is 3.72. The smallest absolute Gasteiger partial charge is 0.268 e. The Morgan fingerprint density at radius 1 is 1.22 bits per heavy atom. The van der Waals surface area contributed by atoms with E-state index in [0.29, 0.717) is 28.2 Å². The van der Waals surface area contributed by atoms with Crippen LogP contribution in [0, 0.1) is 11.6 Å². The topological polar surface area (TPSA) is 69.2 Å². The fraction of sp³-hybridized carbons (Fsp3) is 0.222. The molecule has 0 spiro atoms. The third kappa shape index (κ3) is 5.30. The Morgan fingerprint density at radius 3 is 2.59 bits per heavy atom. The van der Waals surface area contributed by atoms with E-state index in [1.165, 1.54) is 27.4 Å². The molecule has 27 heavy (non-hydrogen) atoms. The standard InChI is InChI=1S/C18H17ClF2N2O4/c1-10(18(24)23-15-5-4-12(20)8-14(15)21)27-22-9-11-6-13(19)17(26-3)16(7-11)25-2/h4-10H,1-3H3,(H,23,24)/b22-9+. The maximum absolute atomic E-state index is 13.6. The van der Waals surface area contributed by atoms with Gasteiger partial charge in [0.2, 0.25) is 6.10 Å². The highest BCUT2D eigenvalue weighted by atomic mass is 35.5. The first-order valence-electron chi connectivity index (χ1n) is 7.72. The van der Waals surface area contributed by atoms with Gasteiger partial charge in [-0.1, -0.05) is 16.8 Å². The summed E-state index contributed by atoms with van der Waals surface area (Å²) in [6, 6.07) is 6.01. The number of methoxy groups -OCH3 is 2. The van der Waals surface area contributed by atoms with Crippen LogP contribution in [0.25, 0.3) is 0 Å². The van der Waals surface area contributed by atoms with Crippen molar-refractivity contribution in [1.82, 2.24) is 0 Å². The summed E-state index contributed by atoms with van der Waals surface area (Å²) in [6.07, 6.45) is 0.303. The van der Waals surface area contributed by atoms with Crippen molar-refractivity contribution >= 4 is 29.4 Å². The van der Waals surface area contributed by atoms with Gasteiger partial charge in [0, 0.05) is 11.6 Å². The van der Waals surface area contributed by atoms with E-state index in [1.807, 2.05) is 0 Å². The molecule has 0 aliphatic heterocycles. The number of nitrogens with one attached hydrogen (secondary N) is 1. The van der Waals surface area contributed by atoms with E-state index in [4.69, 9.17) is 25.9 Å². The number of carbonyl (C=O) groups excluding carboxylic acids is 1. The molecular formula is C18H17ClF2N2O4. The summed E-state index contributed by atoms with van der Waals surface area (Å²) < 4.78 is 36.7. The van der Waals surface area contributed by atoms with E-state index in [1.54, 1.807) is 12.1 Å². The molecule has 2 aromatic carbocycles. The van der Waals surface area contributed by atoms with Crippen molar-refractivity contribution in [2.45, 2.75) is 13.0 Å². The highest BCUT2D eigenvalue weighted by Gasteiger charge is 2.16. The average molecular weight is 399 g/mol. The van der Waals surface area contributed by atoms with E-state index in [-0.39, 0.29) is 5.69 Å².